The molecule has 0 amide bonds. The summed E-state index contributed by atoms with van der Waals surface area (Å²) in [6.45, 7) is 5.48. The molecule has 2 unspecified atom stereocenters. The van der Waals surface area contributed by atoms with Gasteiger partial charge in [0.15, 0.2) is 0 Å². The summed E-state index contributed by atoms with van der Waals surface area (Å²) in [4.78, 5) is 0.409. The average Bonchev–Trinajstić information content (AvgIpc) is 2.54. The number of sulfonamides is 1. The first-order chi connectivity index (χ1) is 9.98. The standard InChI is InChI=1S/C16H26N2O2S/c1-4-13(2)14-7-9-16(10-8-14)21(19,20)18-11-5-6-15(12-18)17-3/h7-10,13,15,17H,4-6,11-12H2,1-3H3. The smallest absolute Gasteiger partial charge is 0.243 e. The molecule has 0 spiro atoms. The number of likely N-dealkylation sites (N-methyl/N-ethyl adjacent to an activating group) is 1. The molecule has 118 valence electrons. The summed E-state index contributed by atoms with van der Waals surface area (Å²) < 4.78 is 27.0. The van der Waals surface area contributed by atoms with Gasteiger partial charge in [-0.25, -0.2) is 8.42 Å². The Kier molecular flexibility index (Phi) is 5.41. The van der Waals surface area contributed by atoms with Crippen LogP contribution in [0.25, 0.3) is 0 Å². The van der Waals surface area contributed by atoms with Crippen LogP contribution >= 0.6 is 0 Å². The molecule has 0 aromatic heterocycles. The van der Waals surface area contributed by atoms with Crippen molar-refractivity contribution < 1.29 is 8.42 Å². The van der Waals surface area contributed by atoms with Gasteiger partial charge < -0.3 is 5.32 Å². The van der Waals surface area contributed by atoms with Gasteiger partial charge >= 0.3 is 0 Å². The molecule has 2 rings (SSSR count). The Bertz CT molecular complexity index is 554. The van der Waals surface area contributed by atoms with Crippen LogP contribution in [0.2, 0.25) is 0 Å². The van der Waals surface area contributed by atoms with Crippen LogP contribution in [0.15, 0.2) is 29.2 Å². The largest absolute Gasteiger partial charge is 0.316 e. The van der Waals surface area contributed by atoms with Crippen molar-refractivity contribution in [3.63, 3.8) is 0 Å². The zero-order valence-corrected chi connectivity index (χ0v) is 14.0. The third kappa shape index (κ3) is 3.65. The number of hydrogen-bond donors (Lipinski definition) is 1. The lowest BCUT2D eigenvalue weighted by atomic mass is 9.99. The topological polar surface area (TPSA) is 49.4 Å². The zero-order chi connectivity index (χ0) is 15.5. The molecule has 4 nitrogen and oxygen atoms in total. The molecule has 1 aromatic rings. The van der Waals surface area contributed by atoms with Crippen LogP contribution < -0.4 is 5.32 Å². The Morgan fingerprint density at radius 2 is 2.00 bits per heavy atom. The second kappa shape index (κ2) is 6.90. The monoisotopic (exact) mass is 310 g/mol. The van der Waals surface area contributed by atoms with Crippen molar-refractivity contribution in [1.29, 1.82) is 0 Å². The fraction of sp³-hybridized carbons (Fsp3) is 0.625. The van der Waals surface area contributed by atoms with E-state index in [0.717, 1.165) is 19.3 Å². The molecule has 2 atom stereocenters. The van der Waals surface area contributed by atoms with Crippen molar-refractivity contribution in [2.24, 2.45) is 0 Å². The lowest BCUT2D eigenvalue weighted by Crippen LogP contribution is -2.46. The van der Waals surface area contributed by atoms with E-state index in [1.54, 1.807) is 16.4 Å². The lowest BCUT2D eigenvalue weighted by molar-refractivity contribution is 0.293. The third-order valence-electron chi connectivity index (χ3n) is 4.49. The van der Waals surface area contributed by atoms with Gasteiger partial charge in [0.2, 0.25) is 10.0 Å². The Morgan fingerprint density at radius 1 is 1.33 bits per heavy atom. The molecule has 0 aliphatic carbocycles. The van der Waals surface area contributed by atoms with E-state index in [0.29, 0.717) is 23.9 Å². The van der Waals surface area contributed by atoms with Crippen LogP contribution in [0.3, 0.4) is 0 Å². The second-order valence-corrected chi connectivity index (χ2v) is 7.81. The highest BCUT2D eigenvalue weighted by atomic mass is 32.2. The number of benzene rings is 1. The van der Waals surface area contributed by atoms with Gasteiger partial charge in [-0.3, -0.25) is 0 Å². The Balaban J connectivity index is 2.19. The third-order valence-corrected chi connectivity index (χ3v) is 6.37. The maximum Gasteiger partial charge on any atom is 0.243 e. The van der Waals surface area contributed by atoms with E-state index in [2.05, 4.69) is 19.2 Å². The van der Waals surface area contributed by atoms with Crippen molar-refractivity contribution in [3.8, 4) is 0 Å². The quantitative estimate of drug-likeness (QED) is 0.909. The predicted molar refractivity (Wildman–Crippen MR) is 86.0 cm³/mol. The molecule has 5 heteroatoms. The number of piperidine rings is 1. The summed E-state index contributed by atoms with van der Waals surface area (Å²) >= 11 is 0. The minimum atomic E-state index is -3.36. The van der Waals surface area contributed by atoms with Crippen LogP contribution in [0.1, 0.15) is 44.6 Å². The fourth-order valence-corrected chi connectivity index (χ4v) is 4.27. The molecular weight excluding hydrogens is 284 g/mol. The number of nitrogens with one attached hydrogen (secondary N) is 1. The summed E-state index contributed by atoms with van der Waals surface area (Å²) in [5.74, 6) is 0.463. The van der Waals surface area contributed by atoms with Crippen molar-refractivity contribution in [1.82, 2.24) is 9.62 Å². The minimum Gasteiger partial charge on any atom is -0.316 e. The Labute approximate surface area is 128 Å². The molecule has 1 aromatic carbocycles. The summed E-state index contributed by atoms with van der Waals surface area (Å²) in [7, 11) is -1.47. The molecule has 1 aliphatic heterocycles. The van der Waals surface area contributed by atoms with Gasteiger partial charge in [0.25, 0.3) is 0 Å². The number of hydrogen-bond acceptors (Lipinski definition) is 3. The van der Waals surface area contributed by atoms with Crippen molar-refractivity contribution in [2.45, 2.75) is 50.0 Å². The first kappa shape index (κ1) is 16.5. The average molecular weight is 310 g/mol. The molecule has 1 saturated heterocycles. The number of nitrogens with zero attached hydrogens (tertiary/aromatic N) is 1. The van der Waals surface area contributed by atoms with E-state index >= 15 is 0 Å². The molecule has 1 aliphatic rings. The first-order valence-corrected chi connectivity index (χ1v) is 9.20. The summed E-state index contributed by atoms with van der Waals surface area (Å²) in [5, 5.41) is 3.18. The van der Waals surface area contributed by atoms with E-state index in [1.165, 1.54) is 5.56 Å². The van der Waals surface area contributed by atoms with E-state index < -0.39 is 10.0 Å². The Morgan fingerprint density at radius 3 is 2.57 bits per heavy atom. The van der Waals surface area contributed by atoms with Gasteiger partial charge in [0.05, 0.1) is 4.90 Å². The van der Waals surface area contributed by atoms with E-state index in [9.17, 15) is 8.42 Å². The minimum absolute atomic E-state index is 0.257. The molecule has 0 bridgehead atoms. The summed E-state index contributed by atoms with van der Waals surface area (Å²) in [6, 6.07) is 7.65. The van der Waals surface area contributed by atoms with Crippen LogP contribution in [-0.4, -0.2) is 38.9 Å². The van der Waals surface area contributed by atoms with Crippen LogP contribution in [0.5, 0.6) is 0 Å². The van der Waals surface area contributed by atoms with Crippen molar-refractivity contribution in [2.75, 3.05) is 20.1 Å². The second-order valence-electron chi connectivity index (χ2n) is 5.87. The first-order valence-electron chi connectivity index (χ1n) is 7.76. The van der Waals surface area contributed by atoms with Crippen molar-refractivity contribution >= 4 is 10.0 Å². The van der Waals surface area contributed by atoms with Crippen LogP contribution in [0, 0.1) is 0 Å². The summed E-state index contributed by atoms with van der Waals surface area (Å²) in [6.07, 6.45) is 3.01. The molecule has 21 heavy (non-hydrogen) atoms. The maximum absolute atomic E-state index is 12.7. The van der Waals surface area contributed by atoms with E-state index in [-0.39, 0.29) is 6.04 Å². The van der Waals surface area contributed by atoms with Gasteiger partial charge in [-0.1, -0.05) is 26.0 Å². The highest BCUT2D eigenvalue weighted by molar-refractivity contribution is 7.89. The number of rotatable bonds is 5. The molecule has 1 N–H and O–H groups in total. The molecule has 0 saturated carbocycles. The highest BCUT2D eigenvalue weighted by Crippen LogP contribution is 2.24. The van der Waals surface area contributed by atoms with Gasteiger partial charge in [0.1, 0.15) is 0 Å². The SMILES string of the molecule is CCC(C)c1ccc(S(=O)(=O)N2CCCC(NC)C2)cc1. The zero-order valence-electron chi connectivity index (χ0n) is 13.2. The summed E-state index contributed by atoms with van der Waals surface area (Å²) in [5.41, 5.74) is 1.20. The normalized spacial score (nSPS) is 22.1. The van der Waals surface area contributed by atoms with Crippen molar-refractivity contribution in [3.05, 3.63) is 29.8 Å². The fourth-order valence-electron chi connectivity index (χ4n) is 2.75. The van der Waals surface area contributed by atoms with Crippen LogP contribution in [-0.2, 0) is 10.0 Å². The van der Waals surface area contributed by atoms with Gasteiger partial charge in [0, 0.05) is 19.1 Å². The molecule has 0 radical (unpaired) electrons. The van der Waals surface area contributed by atoms with Gasteiger partial charge in [-0.05, 0) is 49.9 Å². The van der Waals surface area contributed by atoms with E-state index in [1.807, 2.05) is 19.2 Å². The van der Waals surface area contributed by atoms with Gasteiger partial charge in [-0.2, -0.15) is 4.31 Å². The van der Waals surface area contributed by atoms with Crippen LogP contribution in [0.4, 0.5) is 0 Å². The molecule has 1 fully saturated rings. The molecular formula is C16H26N2O2S. The molecule has 1 heterocycles. The highest BCUT2D eigenvalue weighted by Gasteiger charge is 2.29. The van der Waals surface area contributed by atoms with Gasteiger partial charge in [-0.15, -0.1) is 0 Å². The predicted octanol–water partition coefficient (Wildman–Crippen LogP) is 2.57. The maximum atomic E-state index is 12.7. The Hall–Kier alpha value is -0.910. The lowest BCUT2D eigenvalue weighted by Gasteiger charge is -2.31. The van der Waals surface area contributed by atoms with E-state index in [4.69, 9.17) is 0 Å².